The van der Waals surface area contributed by atoms with Gasteiger partial charge >= 0.3 is 5.97 Å². The summed E-state index contributed by atoms with van der Waals surface area (Å²) in [5.41, 5.74) is 1.74. The Bertz CT molecular complexity index is 1010. The Kier molecular flexibility index (Phi) is 6.84. The Morgan fingerprint density at radius 1 is 1.18 bits per heavy atom. The Morgan fingerprint density at radius 3 is 2.54 bits per heavy atom. The van der Waals surface area contributed by atoms with E-state index in [4.69, 9.17) is 9.47 Å². The Hall–Kier alpha value is -3.26. The first-order chi connectivity index (χ1) is 13.0. The first-order valence-electron chi connectivity index (χ1n) is 8.34. The molecule has 3 aromatic rings. The summed E-state index contributed by atoms with van der Waals surface area (Å²) in [4.78, 5) is 32.4. The van der Waals surface area contributed by atoms with Crippen LogP contribution in [0, 0.1) is 0 Å². The molecule has 0 amide bonds. The molecule has 8 heteroatoms. The van der Waals surface area contributed by atoms with Crippen molar-refractivity contribution in [2.45, 2.75) is 27.1 Å². The van der Waals surface area contributed by atoms with Crippen LogP contribution in [0.4, 0.5) is 5.95 Å². The molecule has 28 heavy (non-hydrogen) atoms. The summed E-state index contributed by atoms with van der Waals surface area (Å²) in [6, 6.07) is 10.1. The zero-order chi connectivity index (χ0) is 19.4. The van der Waals surface area contributed by atoms with Gasteiger partial charge in [-0.2, -0.15) is 4.98 Å². The molecular weight excluding hydrogens is 360 g/mol. The highest BCUT2D eigenvalue weighted by Gasteiger charge is 2.11. The number of pyridine rings is 1. The van der Waals surface area contributed by atoms with Crippen molar-refractivity contribution in [2.24, 2.45) is 0 Å². The van der Waals surface area contributed by atoms with Gasteiger partial charge in [0.25, 0.3) is 5.56 Å². The van der Waals surface area contributed by atoms with Crippen molar-refractivity contribution in [3.8, 4) is 0 Å². The Morgan fingerprint density at radius 2 is 1.89 bits per heavy atom. The van der Waals surface area contributed by atoms with Gasteiger partial charge in [-0.1, -0.05) is 19.6 Å². The van der Waals surface area contributed by atoms with Gasteiger partial charge in [-0.3, -0.25) is 9.36 Å². The molecule has 8 nitrogen and oxygen atoms in total. The minimum absolute atomic E-state index is 0. The van der Waals surface area contributed by atoms with E-state index in [9.17, 15) is 9.59 Å². The van der Waals surface area contributed by atoms with Gasteiger partial charge in [0.05, 0.1) is 18.7 Å². The summed E-state index contributed by atoms with van der Waals surface area (Å²) < 4.78 is 11.2. The number of hydrogen-bond donors (Lipinski definition) is 1. The minimum atomic E-state index is -0.379. The molecule has 0 saturated heterocycles. The fourth-order valence-corrected chi connectivity index (χ4v) is 2.70. The lowest BCUT2D eigenvalue weighted by atomic mass is 10.1. The van der Waals surface area contributed by atoms with Crippen LogP contribution in [-0.4, -0.2) is 34.7 Å². The average Bonchev–Trinajstić information content (AvgIpc) is 2.69. The lowest BCUT2D eigenvalue weighted by molar-refractivity contribution is 0.0600. The topological polar surface area (TPSA) is 95.3 Å². The van der Waals surface area contributed by atoms with Crippen molar-refractivity contribution in [2.75, 3.05) is 19.5 Å². The number of esters is 1. The van der Waals surface area contributed by atoms with Crippen LogP contribution in [0.3, 0.4) is 0 Å². The van der Waals surface area contributed by atoms with Gasteiger partial charge in [0, 0.05) is 24.8 Å². The summed E-state index contributed by atoms with van der Waals surface area (Å²) in [6.45, 7) is 2.06. The predicted octanol–water partition coefficient (Wildman–Crippen LogP) is 2.99. The number of benzene rings is 1. The van der Waals surface area contributed by atoms with E-state index in [1.807, 2.05) is 19.1 Å². The largest absolute Gasteiger partial charge is 0.465 e. The number of methoxy groups -OCH3 is 2. The molecule has 1 atom stereocenters. The van der Waals surface area contributed by atoms with E-state index in [2.05, 4.69) is 15.3 Å². The van der Waals surface area contributed by atoms with Crippen LogP contribution < -0.4 is 10.9 Å². The maximum absolute atomic E-state index is 12.1. The van der Waals surface area contributed by atoms with Gasteiger partial charge in [0.15, 0.2) is 0 Å². The quantitative estimate of drug-likeness (QED) is 0.653. The minimum Gasteiger partial charge on any atom is -0.465 e. The molecule has 0 aliphatic carbocycles. The molecule has 0 spiro atoms. The van der Waals surface area contributed by atoms with E-state index < -0.39 is 0 Å². The number of carbonyl (C=O) groups excluding carboxylic acids is 1. The molecule has 0 fully saturated rings. The molecule has 0 radical (unpaired) electrons. The second kappa shape index (κ2) is 9.09. The van der Waals surface area contributed by atoms with E-state index in [0.717, 1.165) is 10.9 Å². The Labute approximate surface area is 163 Å². The fourth-order valence-electron chi connectivity index (χ4n) is 2.70. The zero-order valence-electron chi connectivity index (χ0n) is 15.3. The molecule has 1 N–H and O–H groups in total. The molecule has 2 heterocycles. The van der Waals surface area contributed by atoms with Crippen molar-refractivity contribution in [1.29, 1.82) is 0 Å². The fraction of sp³-hybridized carbons (Fsp3) is 0.300. The highest BCUT2D eigenvalue weighted by molar-refractivity contribution is 5.89. The second-order valence-corrected chi connectivity index (χ2v) is 5.97. The van der Waals surface area contributed by atoms with Crippen LogP contribution in [0.5, 0.6) is 0 Å². The predicted molar refractivity (Wildman–Crippen MR) is 107 cm³/mol. The van der Waals surface area contributed by atoms with Crippen LogP contribution in [0.1, 0.15) is 36.3 Å². The van der Waals surface area contributed by atoms with Gasteiger partial charge in [-0.25, -0.2) is 9.78 Å². The lowest BCUT2D eigenvalue weighted by Gasteiger charge is -2.15. The maximum Gasteiger partial charge on any atom is 0.337 e. The molecule has 0 saturated carbocycles. The molecule has 0 aliphatic rings. The standard InChI is InChI=1S/C19H20N4O4.CH4/c1-12(13-4-6-14(7-5-13)18(25)27-3)21-19-20-10-15-8-9-16(24)23(11-26-2)17(15)22-19;/h4-10,12H,11H2,1-3H3,(H,20,21,22);1H4/t12-;/m0./s1. The highest BCUT2D eigenvalue weighted by atomic mass is 16.5. The molecule has 3 rings (SSSR count). The van der Waals surface area contributed by atoms with Crippen LogP contribution in [0.2, 0.25) is 0 Å². The van der Waals surface area contributed by atoms with E-state index >= 15 is 0 Å². The second-order valence-electron chi connectivity index (χ2n) is 5.97. The molecule has 0 unspecified atom stereocenters. The molecule has 148 valence electrons. The van der Waals surface area contributed by atoms with E-state index in [0.29, 0.717) is 17.2 Å². The number of hydrogen-bond acceptors (Lipinski definition) is 7. The maximum atomic E-state index is 12.1. The third-order valence-corrected chi connectivity index (χ3v) is 4.16. The zero-order valence-corrected chi connectivity index (χ0v) is 15.3. The lowest BCUT2D eigenvalue weighted by Crippen LogP contribution is -2.21. The number of nitrogens with one attached hydrogen (secondary N) is 1. The summed E-state index contributed by atoms with van der Waals surface area (Å²) in [5.74, 6) is 0.0126. The molecule has 2 aromatic heterocycles. The first kappa shape index (κ1) is 21.0. The third kappa shape index (κ3) is 4.34. The van der Waals surface area contributed by atoms with Crippen molar-refractivity contribution < 1.29 is 14.3 Å². The van der Waals surface area contributed by atoms with Crippen LogP contribution >= 0.6 is 0 Å². The van der Waals surface area contributed by atoms with Crippen molar-refractivity contribution in [3.05, 3.63) is 64.1 Å². The monoisotopic (exact) mass is 384 g/mol. The summed E-state index contributed by atoms with van der Waals surface area (Å²) >= 11 is 0. The normalized spacial score (nSPS) is 11.5. The van der Waals surface area contributed by atoms with Gasteiger partial charge < -0.3 is 14.8 Å². The average molecular weight is 384 g/mol. The first-order valence-corrected chi connectivity index (χ1v) is 8.34. The molecule has 1 aromatic carbocycles. The molecule has 0 bridgehead atoms. The van der Waals surface area contributed by atoms with Crippen molar-refractivity contribution in [1.82, 2.24) is 14.5 Å². The van der Waals surface area contributed by atoms with Gasteiger partial charge in [0.2, 0.25) is 5.95 Å². The van der Waals surface area contributed by atoms with E-state index in [-0.39, 0.29) is 31.7 Å². The number of anilines is 1. The number of ether oxygens (including phenoxy) is 2. The Balaban J connectivity index is 0.00000280. The van der Waals surface area contributed by atoms with E-state index in [1.54, 1.807) is 24.4 Å². The summed E-state index contributed by atoms with van der Waals surface area (Å²) in [5, 5.41) is 3.95. The number of rotatable bonds is 6. The number of aromatic nitrogens is 3. The smallest absolute Gasteiger partial charge is 0.337 e. The summed E-state index contributed by atoms with van der Waals surface area (Å²) in [6.07, 6.45) is 1.66. The van der Waals surface area contributed by atoms with Crippen LogP contribution in [0.25, 0.3) is 11.0 Å². The van der Waals surface area contributed by atoms with Crippen molar-refractivity contribution >= 4 is 23.0 Å². The van der Waals surface area contributed by atoms with Gasteiger partial charge in [-0.05, 0) is 30.7 Å². The molecular formula is C20H24N4O4. The van der Waals surface area contributed by atoms with Crippen molar-refractivity contribution in [3.63, 3.8) is 0 Å². The molecule has 0 aliphatic heterocycles. The van der Waals surface area contributed by atoms with Gasteiger partial charge in [0.1, 0.15) is 12.4 Å². The third-order valence-electron chi connectivity index (χ3n) is 4.16. The summed E-state index contributed by atoms with van der Waals surface area (Å²) in [7, 11) is 2.87. The SMILES string of the molecule is C.COCn1c(=O)ccc2cnc(N[C@@H](C)c3ccc(C(=O)OC)cc3)nc21. The van der Waals surface area contributed by atoms with Crippen LogP contribution in [0.15, 0.2) is 47.4 Å². The van der Waals surface area contributed by atoms with Gasteiger partial charge in [-0.15, -0.1) is 0 Å². The highest BCUT2D eigenvalue weighted by Crippen LogP contribution is 2.19. The number of carbonyl (C=O) groups is 1. The van der Waals surface area contributed by atoms with E-state index in [1.165, 1.54) is 24.9 Å². The van der Waals surface area contributed by atoms with Crippen LogP contribution in [-0.2, 0) is 16.2 Å². The number of nitrogens with zero attached hydrogens (tertiary/aromatic N) is 3. The number of fused-ring (bicyclic) bond motifs is 1.